The van der Waals surface area contributed by atoms with Crippen LogP contribution in [-0.2, 0) is 19.6 Å². The number of halogens is 1. The van der Waals surface area contributed by atoms with Crippen molar-refractivity contribution in [3.8, 4) is 0 Å². The summed E-state index contributed by atoms with van der Waals surface area (Å²) < 4.78 is 3.42. The fraction of sp³-hybridized carbons (Fsp3) is 0.462. The smallest absolute Gasteiger partial charge is 0.122 e. The monoisotopic (exact) mass is 340 g/mol. The average Bonchev–Trinajstić information content (AvgIpc) is 3.03. The first-order chi connectivity index (χ1) is 9.31. The normalized spacial score (nSPS) is 15.6. The second-order valence-electron chi connectivity index (χ2n) is 4.72. The van der Waals surface area contributed by atoms with Crippen LogP contribution in [0.2, 0.25) is 0 Å². The van der Waals surface area contributed by atoms with E-state index in [-0.39, 0.29) is 0 Å². The Morgan fingerprint density at radius 1 is 1.42 bits per heavy atom. The summed E-state index contributed by atoms with van der Waals surface area (Å²) in [6, 6.07) is 2.18. The van der Waals surface area contributed by atoms with Gasteiger partial charge in [-0.15, -0.1) is 11.3 Å². The molecule has 3 heterocycles. The number of imidazole rings is 1. The first kappa shape index (κ1) is 13.3. The minimum atomic E-state index is 0.957. The minimum absolute atomic E-state index is 0.957. The first-order valence-electron chi connectivity index (χ1n) is 6.47. The van der Waals surface area contributed by atoms with E-state index in [9.17, 15) is 0 Å². The van der Waals surface area contributed by atoms with Gasteiger partial charge in [-0.25, -0.2) is 4.98 Å². The molecule has 2 aromatic heterocycles. The van der Waals surface area contributed by atoms with Crippen LogP contribution in [0.15, 0.2) is 28.3 Å². The van der Waals surface area contributed by atoms with E-state index in [0.717, 1.165) is 39.3 Å². The van der Waals surface area contributed by atoms with Gasteiger partial charge >= 0.3 is 0 Å². The Labute approximate surface area is 125 Å². The van der Waals surface area contributed by atoms with Gasteiger partial charge < -0.3 is 9.88 Å². The molecule has 6 heteroatoms. The van der Waals surface area contributed by atoms with Crippen LogP contribution < -0.4 is 5.32 Å². The molecule has 1 aliphatic heterocycles. The second kappa shape index (κ2) is 6.17. The zero-order valence-electron chi connectivity index (χ0n) is 10.7. The molecule has 0 fully saturated rings. The molecular weight excluding hydrogens is 324 g/mol. The number of fused-ring (bicyclic) bond motifs is 1. The predicted octanol–water partition coefficient (Wildman–Crippen LogP) is 2.31. The Balaban J connectivity index is 1.39. The zero-order valence-corrected chi connectivity index (χ0v) is 13.1. The van der Waals surface area contributed by atoms with E-state index < -0.39 is 0 Å². The van der Waals surface area contributed by atoms with Crippen LogP contribution in [0.1, 0.15) is 10.7 Å². The van der Waals surface area contributed by atoms with Gasteiger partial charge in [-0.3, -0.25) is 4.90 Å². The number of hydrogen-bond donors (Lipinski definition) is 1. The largest absolute Gasteiger partial charge is 0.333 e. The Kier molecular flexibility index (Phi) is 4.32. The third kappa shape index (κ3) is 3.45. The molecule has 1 N–H and O–H groups in total. The molecule has 0 amide bonds. The number of nitrogens with zero attached hydrogens (tertiary/aromatic N) is 3. The van der Waals surface area contributed by atoms with Crippen LogP contribution in [-0.4, -0.2) is 34.1 Å². The van der Waals surface area contributed by atoms with E-state index in [2.05, 4.69) is 53.3 Å². The fourth-order valence-corrected chi connectivity index (χ4v) is 3.73. The molecule has 1 aliphatic rings. The molecule has 0 unspecified atom stereocenters. The molecule has 0 aromatic carbocycles. The summed E-state index contributed by atoms with van der Waals surface area (Å²) in [5.74, 6) is 1.19. The number of nitrogens with one attached hydrogen (secondary N) is 1. The van der Waals surface area contributed by atoms with E-state index in [1.807, 2.05) is 6.20 Å². The van der Waals surface area contributed by atoms with Crippen LogP contribution in [0, 0.1) is 0 Å². The minimum Gasteiger partial charge on any atom is -0.333 e. The molecule has 3 rings (SSSR count). The lowest BCUT2D eigenvalue weighted by Crippen LogP contribution is -2.37. The van der Waals surface area contributed by atoms with Crippen LogP contribution >= 0.6 is 27.3 Å². The highest BCUT2D eigenvalue weighted by atomic mass is 79.9. The highest BCUT2D eigenvalue weighted by Gasteiger charge is 2.15. The maximum absolute atomic E-state index is 4.38. The van der Waals surface area contributed by atoms with E-state index in [1.54, 1.807) is 11.3 Å². The van der Waals surface area contributed by atoms with Crippen molar-refractivity contribution < 1.29 is 0 Å². The van der Waals surface area contributed by atoms with Crippen molar-refractivity contribution in [3.05, 3.63) is 39.0 Å². The van der Waals surface area contributed by atoms with Gasteiger partial charge in [0.25, 0.3) is 0 Å². The average molecular weight is 341 g/mol. The molecule has 0 bridgehead atoms. The number of hydrogen-bond acceptors (Lipinski definition) is 4. The van der Waals surface area contributed by atoms with Gasteiger partial charge in [0.05, 0.1) is 6.54 Å². The van der Waals surface area contributed by atoms with Crippen LogP contribution in [0.3, 0.4) is 0 Å². The van der Waals surface area contributed by atoms with Crippen molar-refractivity contribution >= 4 is 27.3 Å². The van der Waals surface area contributed by atoms with Crippen molar-refractivity contribution in [2.24, 2.45) is 0 Å². The first-order valence-corrected chi connectivity index (χ1v) is 8.14. The van der Waals surface area contributed by atoms with Crippen molar-refractivity contribution in [1.82, 2.24) is 19.8 Å². The van der Waals surface area contributed by atoms with Crippen molar-refractivity contribution in [2.75, 3.05) is 19.6 Å². The van der Waals surface area contributed by atoms with Gasteiger partial charge in [0, 0.05) is 59.8 Å². The summed E-state index contributed by atoms with van der Waals surface area (Å²) in [6.07, 6.45) is 3.96. The summed E-state index contributed by atoms with van der Waals surface area (Å²) in [7, 11) is 0. The Bertz CT molecular complexity index is 536. The third-order valence-corrected chi connectivity index (χ3v) is 5.05. The second-order valence-corrected chi connectivity index (χ2v) is 6.63. The molecule has 2 aromatic rings. The molecule has 0 atom stereocenters. The predicted molar refractivity (Wildman–Crippen MR) is 81.2 cm³/mol. The van der Waals surface area contributed by atoms with Crippen LogP contribution in [0.5, 0.6) is 0 Å². The van der Waals surface area contributed by atoms with Gasteiger partial charge in [-0.1, -0.05) is 0 Å². The summed E-state index contributed by atoms with van der Waals surface area (Å²) in [5, 5.41) is 5.63. The Hall–Kier alpha value is -0.690. The van der Waals surface area contributed by atoms with Gasteiger partial charge in [-0.05, 0) is 22.0 Å². The lowest BCUT2D eigenvalue weighted by molar-refractivity contribution is 0.217. The Morgan fingerprint density at radius 2 is 2.37 bits per heavy atom. The molecule has 102 valence electrons. The Morgan fingerprint density at radius 3 is 3.21 bits per heavy atom. The summed E-state index contributed by atoms with van der Waals surface area (Å²) >= 11 is 5.27. The van der Waals surface area contributed by atoms with Gasteiger partial charge in [0.1, 0.15) is 5.82 Å². The number of thiophene rings is 1. The molecule has 0 saturated heterocycles. The van der Waals surface area contributed by atoms with Crippen molar-refractivity contribution in [1.29, 1.82) is 0 Å². The highest BCUT2D eigenvalue weighted by Crippen LogP contribution is 2.19. The maximum atomic E-state index is 4.38. The number of rotatable bonds is 5. The van der Waals surface area contributed by atoms with Gasteiger partial charge in [0.15, 0.2) is 0 Å². The molecule has 19 heavy (non-hydrogen) atoms. The van der Waals surface area contributed by atoms with Crippen LogP contribution in [0.4, 0.5) is 0 Å². The van der Waals surface area contributed by atoms with E-state index in [4.69, 9.17) is 0 Å². The van der Waals surface area contributed by atoms with Crippen LogP contribution in [0.25, 0.3) is 0 Å². The van der Waals surface area contributed by atoms with Gasteiger partial charge in [-0.2, -0.15) is 0 Å². The lowest BCUT2D eigenvalue weighted by atomic mass is 10.3. The number of aromatic nitrogens is 2. The van der Waals surface area contributed by atoms with Crippen molar-refractivity contribution in [2.45, 2.75) is 19.6 Å². The summed E-state index contributed by atoms with van der Waals surface area (Å²) in [5.41, 5.74) is 0. The van der Waals surface area contributed by atoms with Gasteiger partial charge in [0.2, 0.25) is 0 Å². The molecule has 0 spiro atoms. The van der Waals surface area contributed by atoms with Crippen molar-refractivity contribution in [3.63, 3.8) is 0 Å². The maximum Gasteiger partial charge on any atom is 0.122 e. The molecule has 0 radical (unpaired) electrons. The van der Waals surface area contributed by atoms with E-state index >= 15 is 0 Å². The highest BCUT2D eigenvalue weighted by molar-refractivity contribution is 9.10. The molecule has 0 aliphatic carbocycles. The van der Waals surface area contributed by atoms with E-state index in [1.165, 1.54) is 15.2 Å². The topological polar surface area (TPSA) is 33.1 Å². The molecule has 4 nitrogen and oxygen atoms in total. The summed E-state index contributed by atoms with van der Waals surface area (Å²) in [4.78, 5) is 8.22. The zero-order chi connectivity index (χ0) is 13.1. The fourth-order valence-electron chi connectivity index (χ4n) is 2.31. The quantitative estimate of drug-likeness (QED) is 0.848. The standard InChI is InChI=1S/C13H17BrN4S/c14-11-7-12(19-10-11)8-15-1-3-17-5-6-18-4-2-16-13(18)9-17/h2,4,7,10,15H,1,3,5-6,8-9H2. The third-order valence-electron chi connectivity index (χ3n) is 3.35. The van der Waals surface area contributed by atoms with E-state index in [0.29, 0.717) is 0 Å². The lowest BCUT2D eigenvalue weighted by Gasteiger charge is -2.27. The molecular formula is C13H17BrN4S. The summed E-state index contributed by atoms with van der Waals surface area (Å²) in [6.45, 7) is 6.22. The molecule has 0 saturated carbocycles. The SMILES string of the molecule is Brc1csc(CNCCN2CCn3ccnc3C2)c1.